The Hall–Kier alpha value is -0.640. The molecule has 4 heteroatoms. The molecule has 3 aliphatic rings. The summed E-state index contributed by atoms with van der Waals surface area (Å²) in [6, 6.07) is 0.466. The van der Waals surface area contributed by atoms with Crippen molar-refractivity contribution in [2.24, 2.45) is 17.1 Å². The monoisotopic (exact) mass is 308 g/mol. The molecule has 2 N–H and O–H groups in total. The van der Waals surface area contributed by atoms with E-state index < -0.39 is 5.41 Å². The molecule has 21 heavy (non-hydrogen) atoms. The summed E-state index contributed by atoms with van der Waals surface area (Å²) in [6.45, 7) is 0.921. The van der Waals surface area contributed by atoms with E-state index in [4.69, 9.17) is 18.0 Å². The van der Waals surface area contributed by atoms with Crippen LogP contribution in [0.2, 0.25) is 0 Å². The molecule has 0 spiro atoms. The van der Waals surface area contributed by atoms with E-state index in [9.17, 15) is 4.79 Å². The Bertz CT molecular complexity index is 411. The molecule has 1 saturated heterocycles. The maximum absolute atomic E-state index is 13.3. The van der Waals surface area contributed by atoms with E-state index in [1.54, 1.807) is 0 Å². The van der Waals surface area contributed by atoms with E-state index in [-0.39, 0.29) is 5.91 Å². The molecule has 0 bridgehead atoms. The SMILES string of the molecule is NC(=S)C1(C(=O)N2CCCC2C2CCCC2)CCCCC1. The Morgan fingerprint density at radius 2 is 1.67 bits per heavy atom. The van der Waals surface area contributed by atoms with Crippen molar-refractivity contribution in [2.45, 2.75) is 76.7 Å². The van der Waals surface area contributed by atoms with Crippen LogP contribution >= 0.6 is 12.2 Å². The topological polar surface area (TPSA) is 46.3 Å². The second kappa shape index (κ2) is 6.23. The van der Waals surface area contributed by atoms with Crippen molar-refractivity contribution in [1.82, 2.24) is 4.90 Å². The molecular weight excluding hydrogens is 280 g/mol. The second-order valence-electron chi connectivity index (χ2n) is 7.26. The van der Waals surface area contributed by atoms with Crippen LogP contribution < -0.4 is 5.73 Å². The van der Waals surface area contributed by atoms with Gasteiger partial charge in [-0.25, -0.2) is 0 Å². The summed E-state index contributed by atoms with van der Waals surface area (Å²) in [6.07, 6.45) is 12.7. The maximum atomic E-state index is 13.3. The van der Waals surface area contributed by atoms with Crippen LogP contribution in [0.25, 0.3) is 0 Å². The van der Waals surface area contributed by atoms with Crippen LogP contribution in [0.4, 0.5) is 0 Å². The first-order valence-corrected chi connectivity index (χ1v) is 9.17. The Morgan fingerprint density at radius 1 is 1.00 bits per heavy atom. The Kier molecular flexibility index (Phi) is 4.53. The molecule has 0 aromatic rings. The molecular formula is C17H28N2OS. The molecule has 3 fully saturated rings. The average Bonchev–Trinajstić information content (AvgIpc) is 3.17. The first-order valence-electron chi connectivity index (χ1n) is 8.76. The summed E-state index contributed by atoms with van der Waals surface area (Å²) in [5, 5.41) is 0. The number of nitrogens with two attached hydrogens (primary N) is 1. The van der Waals surface area contributed by atoms with Gasteiger partial charge in [-0.15, -0.1) is 0 Å². The average molecular weight is 308 g/mol. The molecule has 1 aliphatic heterocycles. The summed E-state index contributed by atoms with van der Waals surface area (Å²) in [7, 11) is 0. The van der Waals surface area contributed by atoms with Gasteiger partial charge in [0.25, 0.3) is 0 Å². The quantitative estimate of drug-likeness (QED) is 0.813. The first-order chi connectivity index (χ1) is 10.1. The van der Waals surface area contributed by atoms with Crippen LogP contribution in [0, 0.1) is 11.3 Å². The van der Waals surface area contributed by atoms with Crippen LogP contribution in [-0.4, -0.2) is 28.4 Å². The zero-order valence-electron chi connectivity index (χ0n) is 13.0. The Morgan fingerprint density at radius 3 is 2.29 bits per heavy atom. The van der Waals surface area contributed by atoms with E-state index in [0.717, 1.165) is 44.6 Å². The first kappa shape index (κ1) is 15.3. The number of hydrogen-bond donors (Lipinski definition) is 1. The summed E-state index contributed by atoms with van der Waals surface area (Å²) in [5.41, 5.74) is 5.53. The summed E-state index contributed by atoms with van der Waals surface area (Å²) in [4.78, 5) is 15.9. The lowest BCUT2D eigenvalue weighted by atomic mass is 9.72. The number of rotatable bonds is 3. The zero-order valence-corrected chi connectivity index (χ0v) is 13.8. The van der Waals surface area contributed by atoms with Crippen molar-refractivity contribution in [3.63, 3.8) is 0 Å². The van der Waals surface area contributed by atoms with Gasteiger partial charge < -0.3 is 10.6 Å². The Labute approximate surface area is 133 Å². The van der Waals surface area contributed by atoms with Crippen molar-refractivity contribution in [3.05, 3.63) is 0 Å². The minimum atomic E-state index is -0.519. The summed E-state index contributed by atoms with van der Waals surface area (Å²) >= 11 is 5.34. The van der Waals surface area contributed by atoms with E-state index in [2.05, 4.69) is 4.90 Å². The predicted molar refractivity (Wildman–Crippen MR) is 89.0 cm³/mol. The molecule has 0 aromatic heterocycles. The van der Waals surface area contributed by atoms with Crippen molar-refractivity contribution in [1.29, 1.82) is 0 Å². The molecule has 2 aliphatic carbocycles. The van der Waals surface area contributed by atoms with Gasteiger partial charge in [0, 0.05) is 12.6 Å². The van der Waals surface area contributed by atoms with E-state index in [1.165, 1.54) is 38.5 Å². The lowest BCUT2D eigenvalue weighted by Gasteiger charge is -2.41. The van der Waals surface area contributed by atoms with Gasteiger partial charge in [0.05, 0.1) is 10.4 Å². The van der Waals surface area contributed by atoms with Gasteiger partial charge in [0.2, 0.25) is 5.91 Å². The summed E-state index contributed by atoms with van der Waals surface area (Å²) in [5.74, 6) is 0.993. The minimum absolute atomic E-state index is 0.268. The van der Waals surface area contributed by atoms with Crippen LogP contribution in [0.5, 0.6) is 0 Å². The molecule has 0 radical (unpaired) electrons. The highest BCUT2D eigenvalue weighted by molar-refractivity contribution is 7.80. The third-order valence-electron chi connectivity index (χ3n) is 6.09. The fraction of sp³-hybridized carbons (Fsp3) is 0.882. The van der Waals surface area contributed by atoms with Crippen molar-refractivity contribution in [3.8, 4) is 0 Å². The van der Waals surface area contributed by atoms with Crippen LogP contribution in [0.15, 0.2) is 0 Å². The molecule has 0 aromatic carbocycles. The number of amides is 1. The fourth-order valence-corrected chi connectivity index (χ4v) is 5.16. The third-order valence-corrected chi connectivity index (χ3v) is 6.48. The van der Waals surface area contributed by atoms with E-state index in [0.29, 0.717) is 11.0 Å². The normalized spacial score (nSPS) is 29.7. The molecule has 2 saturated carbocycles. The van der Waals surface area contributed by atoms with Crippen molar-refractivity contribution in [2.75, 3.05) is 6.54 Å². The molecule has 1 unspecified atom stereocenters. The van der Waals surface area contributed by atoms with Gasteiger partial charge in [0.1, 0.15) is 0 Å². The smallest absolute Gasteiger partial charge is 0.235 e. The number of hydrogen-bond acceptors (Lipinski definition) is 2. The lowest BCUT2D eigenvalue weighted by molar-refractivity contribution is -0.141. The highest BCUT2D eigenvalue weighted by Crippen LogP contribution is 2.42. The molecule has 1 atom stereocenters. The van der Waals surface area contributed by atoms with Crippen LogP contribution in [0.3, 0.4) is 0 Å². The van der Waals surface area contributed by atoms with Gasteiger partial charge in [0.15, 0.2) is 0 Å². The second-order valence-corrected chi connectivity index (χ2v) is 7.70. The van der Waals surface area contributed by atoms with Gasteiger partial charge in [-0.3, -0.25) is 4.79 Å². The van der Waals surface area contributed by atoms with Gasteiger partial charge in [-0.1, -0.05) is 44.3 Å². The van der Waals surface area contributed by atoms with Crippen molar-refractivity contribution < 1.29 is 4.79 Å². The molecule has 1 amide bonds. The Balaban J connectivity index is 1.79. The highest BCUT2D eigenvalue weighted by Gasteiger charge is 2.48. The zero-order chi connectivity index (χ0) is 14.9. The number of thiocarbonyl (C=S) groups is 1. The number of nitrogens with zero attached hydrogens (tertiary/aromatic N) is 1. The van der Waals surface area contributed by atoms with Gasteiger partial charge >= 0.3 is 0 Å². The van der Waals surface area contributed by atoms with Crippen molar-refractivity contribution >= 4 is 23.1 Å². The molecule has 118 valence electrons. The third kappa shape index (κ3) is 2.71. The van der Waals surface area contributed by atoms with Crippen LogP contribution in [-0.2, 0) is 4.79 Å². The van der Waals surface area contributed by atoms with E-state index in [1.807, 2.05) is 0 Å². The standard InChI is InChI=1S/C17H28N2OS/c18-15(21)17(10-4-1-5-11-17)16(20)19-12-6-9-14(19)13-7-2-3-8-13/h13-14H,1-12H2,(H2,18,21). The molecule has 3 rings (SSSR count). The lowest BCUT2D eigenvalue weighted by Crippen LogP contribution is -2.53. The maximum Gasteiger partial charge on any atom is 0.235 e. The van der Waals surface area contributed by atoms with Crippen LogP contribution in [0.1, 0.15) is 70.6 Å². The molecule has 3 nitrogen and oxygen atoms in total. The number of carbonyl (C=O) groups is 1. The number of likely N-dealkylation sites (tertiary alicyclic amines) is 1. The van der Waals surface area contributed by atoms with E-state index >= 15 is 0 Å². The number of carbonyl (C=O) groups excluding carboxylic acids is 1. The minimum Gasteiger partial charge on any atom is -0.392 e. The van der Waals surface area contributed by atoms with Gasteiger partial charge in [-0.05, 0) is 44.4 Å². The predicted octanol–water partition coefficient (Wildman–Crippen LogP) is 3.40. The fourth-order valence-electron chi connectivity index (χ4n) is 4.87. The highest BCUT2D eigenvalue weighted by atomic mass is 32.1. The molecule has 1 heterocycles. The summed E-state index contributed by atoms with van der Waals surface area (Å²) < 4.78 is 0. The largest absolute Gasteiger partial charge is 0.392 e. The van der Waals surface area contributed by atoms with Gasteiger partial charge in [-0.2, -0.15) is 0 Å².